The van der Waals surface area contributed by atoms with E-state index in [-0.39, 0.29) is 0 Å². The molecule has 2 aromatic heterocycles. The van der Waals surface area contributed by atoms with Crippen LogP contribution in [0.5, 0.6) is 0 Å². The Hall–Kier alpha value is -1.60. The topological polar surface area (TPSA) is 69.1 Å². The molecule has 0 saturated heterocycles. The van der Waals surface area contributed by atoms with E-state index in [1.807, 2.05) is 37.4 Å². The van der Waals surface area contributed by atoms with Crippen molar-refractivity contribution >= 4 is 39.3 Å². The number of hydrogen-bond acceptors (Lipinski definition) is 5. The molecule has 0 aliphatic carbocycles. The van der Waals surface area contributed by atoms with Crippen LogP contribution in [0.2, 0.25) is 0 Å². The number of nitrogens with two attached hydrogens (primary N) is 1. The van der Waals surface area contributed by atoms with Gasteiger partial charge in [0.25, 0.3) is 5.78 Å². The number of benzene rings is 1. The summed E-state index contributed by atoms with van der Waals surface area (Å²) in [5, 5.41) is 5.01. The van der Waals surface area contributed by atoms with E-state index in [0.29, 0.717) is 16.8 Å². The van der Waals surface area contributed by atoms with E-state index >= 15 is 0 Å². The smallest absolute Gasteiger partial charge is 0.255 e. The number of halogens is 1. The molecule has 0 unspecified atom stereocenters. The van der Waals surface area contributed by atoms with Gasteiger partial charge in [-0.2, -0.15) is 9.50 Å². The predicted molar refractivity (Wildman–Crippen MR) is 84.8 cm³/mol. The number of nitrogens with zero attached hydrogens (tertiary/aromatic N) is 4. The first-order valence-electron chi connectivity index (χ1n) is 5.93. The van der Waals surface area contributed by atoms with Crippen molar-refractivity contribution in [3.63, 3.8) is 0 Å². The zero-order valence-electron chi connectivity index (χ0n) is 11.0. The van der Waals surface area contributed by atoms with Crippen LogP contribution in [0.15, 0.2) is 33.9 Å². The van der Waals surface area contributed by atoms with E-state index in [0.717, 1.165) is 21.3 Å². The van der Waals surface area contributed by atoms with Gasteiger partial charge in [0.15, 0.2) is 0 Å². The van der Waals surface area contributed by atoms with E-state index in [9.17, 15) is 0 Å². The molecule has 2 N–H and O–H groups in total. The van der Waals surface area contributed by atoms with Gasteiger partial charge in [0.05, 0.1) is 5.69 Å². The van der Waals surface area contributed by atoms with Gasteiger partial charge in [0, 0.05) is 10.0 Å². The lowest BCUT2D eigenvalue weighted by Crippen LogP contribution is -2.05. The molecule has 2 heterocycles. The van der Waals surface area contributed by atoms with Crippen molar-refractivity contribution in [2.24, 2.45) is 0 Å². The number of anilines is 1. The highest BCUT2D eigenvalue weighted by Crippen LogP contribution is 2.30. The first kappa shape index (κ1) is 13.4. The molecule has 0 spiro atoms. The van der Waals surface area contributed by atoms with Crippen LogP contribution >= 0.6 is 27.7 Å². The summed E-state index contributed by atoms with van der Waals surface area (Å²) in [7, 11) is 0. The van der Waals surface area contributed by atoms with E-state index in [1.165, 1.54) is 11.8 Å². The number of nitrogen functional groups attached to an aromatic ring is 1. The minimum Gasteiger partial charge on any atom is -0.383 e. The summed E-state index contributed by atoms with van der Waals surface area (Å²) in [6.07, 6.45) is 1.92. The number of aryl methyl sites for hydroxylation is 1. The summed E-state index contributed by atoms with van der Waals surface area (Å²) in [5.41, 5.74) is 9.01. The zero-order chi connectivity index (χ0) is 14.3. The standard InChI is InChI=1S/C13H12BrN5S/c1-7-10(8-3-5-9(14)6-4-8)11(15)19-12(16-7)17-13(18-19)20-2/h3-6H,15H2,1-2H3. The Kier molecular flexibility index (Phi) is 3.39. The Labute approximate surface area is 128 Å². The second-order valence-corrected chi connectivity index (χ2v) is 5.96. The molecule has 3 rings (SSSR count). The average Bonchev–Trinajstić information content (AvgIpc) is 2.84. The van der Waals surface area contributed by atoms with E-state index in [4.69, 9.17) is 5.73 Å². The van der Waals surface area contributed by atoms with Gasteiger partial charge in [-0.25, -0.2) is 4.98 Å². The molecule has 0 atom stereocenters. The van der Waals surface area contributed by atoms with Gasteiger partial charge in [-0.3, -0.25) is 0 Å². The number of fused-ring (bicyclic) bond motifs is 1. The number of aromatic nitrogens is 4. The van der Waals surface area contributed by atoms with Crippen molar-refractivity contribution in [1.29, 1.82) is 0 Å². The lowest BCUT2D eigenvalue weighted by Gasteiger charge is -2.10. The third-order valence-electron chi connectivity index (χ3n) is 3.00. The predicted octanol–water partition coefficient (Wildman–Crippen LogP) is 3.17. The molecule has 0 aliphatic rings. The third kappa shape index (κ3) is 2.16. The summed E-state index contributed by atoms with van der Waals surface area (Å²) in [6.45, 7) is 1.93. The number of thioether (sulfide) groups is 1. The van der Waals surface area contributed by atoms with Crippen molar-refractivity contribution in [1.82, 2.24) is 19.6 Å². The van der Waals surface area contributed by atoms with Gasteiger partial charge in [0.1, 0.15) is 5.82 Å². The quantitative estimate of drug-likeness (QED) is 0.719. The Morgan fingerprint density at radius 3 is 2.55 bits per heavy atom. The molecule has 7 heteroatoms. The van der Waals surface area contributed by atoms with E-state index in [2.05, 4.69) is 31.0 Å². The maximum Gasteiger partial charge on any atom is 0.255 e. The van der Waals surface area contributed by atoms with Crippen LogP contribution in [0.1, 0.15) is 5.69 Å². The zero-order valence-corrected chi connectivity index (χ0v) is 13.4. The maximum atomic E-state index is 6.26. The summed E-state index contributed by atoms with van der Waals surface area (Å²) in [4.78, 5) is 8.81. The molecule has 0 bridgehead atoms. The number of hydrogen-bond donors (Lipinski definition) is 1. The molecule has 1 aromatic carbocycles. The van der Waals surface area contributed by atoms with E-state index < -0.39 is 0 Å². The average molecular weight is 350 g/mol. The molecular formula is C13H12BrN5S. The van der Waals surface area contributed by atoms with Crippen molar-refractivity contribution in [2.75, 3.05) is 12.0 Å². The summed E-state index contributed by atoms with van der Waals surface area (Å²) < 4.78 is 2.62. The van der Waals surface area contributed by atoms with Crippen LogP contribution in [0.25, 0.3) is 16.9 Å². The molecule has 0 radical (unpaired) electrons. The SMILES string of the molecule is CSc1nc2nc(C)c(-c3ccc(Br)cc3)c(N)n2n1. The molecule has 0 saturated carbocycles. The Morgan fingerprint density at radius 2 is 1.90 bits per heavy atom. The first-order valence-corrected chi connectivity index (χ1v) is 7.94. The van der Waals surface area contributed by atoms with Gasteiger partial charge < -0.3 is 5.73 Å². The maximum absolute atomic E-state index is 6.26. The fraction of sp³-hybridized carbons (Fsp3) is 0.154. The molecule has 3 aromatic rings. The molecule has 5 nitrogen and oxygen atoms in total. The Morgan fingerprint density at radius 1 is 1.20 bits per heavy atom. The molecule has 102 valence electrons. The van der Waals surface area contributed by atoms with Crippen LogP contribution < -0.4 is 5.73 Å². The highest BCUT2D eigenvalue weighted by molar-refractivity contribution is 9.10. The highest BCUT2D eigenvalue weighted by Gasteiger charge is 2.15. The Balaban J connectivity index is 2.27. The minimum absolute atomic E-state index is 0.533. The fourth-order valence-corrected chi connectivity index (χ4v) is 2.68. The lowest BCUT2D eigenvalue weighted by molar-refractivity contribution is 0.888. The lowest BCUT2D eigenvalue weighted by atomic mass is 10.1. The van der Waals surface area contributed by atoms with Gasteiger partial charge in [-0.15, -0.1) is 5.10 Å². The summed E-state index contributed by atoms with van der Waals surface area (Å²) in [6, 6.07) is 7.96. The molecule has 0 fully saturated rings. The molecule has 0 amide bonds. The van der Waals surface area contributed by atoms with E-state index in [1.54, 1.807) is 4.52 Å². The summed E-state index contributed by atoms with van der Waals surface area (Å²) >= 11 is 4.90. The monoisotopic (exact) mass is 349 g/mol. The molecule has 0 aliphatic heterocycles. The highest BCUT2D eigenvalue weighted by atomic mass is 79.9. The Bertz CT molecular complexity index is 782. The van der Waals surface area contributed by atoms with Crippen LogP contribution in [-0.4, -0.2) is 25.8 Å². The first-order chi connectivity index (χ1) is 9.60. The largest absolute Gasteiger partial charge is 0.383 e. The van der Waals surface area contributed by atoms with Gasteiger partial charge in [-0.1, -0.05) is 39.8 Å². The van der Waals surface area contributed by atoms with Crippen LogP contribution in [0.3, 0.4) is 0 Å². The van der Waals surface area contributed by atoms with Crippen molar-refractivity contribution < 1.29 is 0 Å². The van der Waals surface area contributed by atoms with Crippen molar-refractivity contribution in [3.8, 4) is 11.1 Å². The molecular weight excluding hydrogens is 338 g/mol. The molecule has 20 heavy (non-hydrogen) atoms. The van der Waals surface area contributed by atoms with Crippen molar-refractivity contribution in [2.45, 2.75) is 12.1 Å². The van der Waals surface area contributed by atoms with Crippen LogP contribution in [-0.2, 0) is 0 Å². The van der Waals surface area contributed by atoms with Gasteiger partial charge >= 0.3 is 0 Å². The second kappa shape index (κ2) is 5.06. The van der Waals surface area contributed by atoms with Crippen molar-refractivity contribution in [3.05, 3.63) is 34.4 Å². The van der Waals surface area contributed by atoms with Gasteiger partial charge in [-0.05, 0) is 30.9 Å². The fourth-order valence-electron chi connectivity index (χ4n) is 2.08. The second-order valence-electron chi connectivity index (χ2n) is 4.27. The third-order valence-corrected chi connectivity index (χ3v) is 4.07. The minimum atomic E-state index is 0.533. The number of rotatable bonds is 2. The van der Waals surface area contributed by atoms with Crippen LogP contribution in [0, 0.1) is 6.92 Å². The van der Waals surface area contributed by atoms with Crippen LogP contribution in [0.4, 0.5) is 5.82 Å². The van der Waals surface area contributed by atoms with Gasteiger partial charge in [0.2, 0.25) is 5.16 Å². The normalized spacial score (nSPS) is 11.2. The summed E-state index contributed by atoms with van der Waals surface area (Å²) in [5.74, 6) is 1.09.